The van der Waals surface area contributed by atoms with Crippen molar-refractivity contribution in [3.8, 4) is 0 Å². The topological polar surface area (TPSA) is 25.8 Å². The van der Waals surface area contributed by atoms with Crippen LogP contribution in [0.4, 0.5) is 39.5 Å². The zero-order chi connectivity index (χ0) is 100. The molecule has 0 aliphatic heterocycles. The van der Waals surface area contributed by atoms with Crippen LogP contribution in [0.15, 0.2) is 213 Å². The fourth-order valence-corrected chi connectivity index (χ4v) is 15.5. The summed E-state index contributed by atoms with van der Waals surface area (Å²) in [4.78, 5) is 7.91. The van der Waals surface area contributed by atoms with Gasteiger partial charge in [0.05, 0.1) is 11.4 Å². The first-order chi connectivity index (χ1) is 61.0. The van der Waals surface area contributed by atoms with Crippen molar-refractivity contribution >= 4 is 34.8 Å². The third-order valence-corrected chi connectivity index (χ3v) is 22.4. The van der Waals surface area contributed by atoms with E-state index in [-0.39, 0.29) is 87.7 Å². The molecule has 0 aliphatic rings. The van der Waals surface area contributed by atoms with Crippen molar-refractivity contribution in [2.75, 3.05) is 0 Å². The quantitative estimate of drug-likeness (QED) is 0.114. The first-order valence-electron chi connectivity index (χ1n) is 45.8. The van der Waals surface area contributed by atoms with Crippen LogP contribution in [0.5, 0.6) is 0 Å². The number of rotatable bonds is 12. The molecule has 2 aromatic heterocycles. The standard InChI is InChI=1S/3C11H16.4C10H13F.C9H10Cl2.C9H10ClF.C9H10F2.C9H12FN.C8H10FN/c1-8(2)11-7-9(3)5-6-10(11)4;1-8(2)11-7-5-6-9(3)10(11)4;1-8(2)11-9(3)6-5-7-10(11)4;2*1-7(2)9-6-8(3)4-5-10(9)11;1-7(2)9-5-4-6-10(11)8(9)3;1-7(2)10-8(3)5-4-6-9(10)11;3*1-6(2)9-7(10)4-3-5-8(9)11;1-6(2)9-8(10)4-7(3)5-11-9;1-6(2)8-7(9)4-3-5-10-8/h3*5-8H,1-4H3;4*4-7H,1-3H3;3*3-6H,1-2H3;4-6H,1-3H3;3-6H,1-2H3. The van der Waals surface area contributed by atoms with Crippen molar-refractivity contribution in [1.82, 2.24) is 9.97 Å². The Hall–Kier alpha value is -9.26. The third-order valence-electron chi connectivity index (χ3n) is 21.4. The summed E-state index contributed by atoms with van der Waals surface area (Å²) in [7, 11) is 0. The number of aromatic nitrogens is 2. The van der Waals surface area contributed by atoms with Gasteiger partial charge in [-0.3, -0.25) is 9.97 Å². The lowest BCUT2D eigenvalue weighted by atomic mass is 9.94. The zero-order valence-electron chi connectivity index (χ0n) is 85.1. The first-order valence-corrected chi connectivity index (χ1v) is 46.9. The van der Waals surface area contributed by atoms with Gasteiger partial charge < -0.3 is 0 Å². The van der Waals surface area contributed by atoms with Crippen LogP contribution in [0.2, 0.25) is 15.1 Å². The van der Waals surface area contributed by atoms with Crippen molar-refractivity contribution in [1.29, 1.82) is 0 Å². The molecule has 2 nitrogen and oxygen atoms in total. The molecule has 12 aromatic rings. The van der Waals surface area contributed by atoms with Gasteiger partial charge in [0, 0.05) is 38.6 Å². The summed E-state index contributed by atoms with van der Waals surface area (Å²) in [6.45, 7) is 71.4. The monoisotopic (exact) mass is 1860 g/mol. The molecule has 12 rings (SSSR count). The highest BCUT2D eigenvalue weighted by molar-refractivity contribution is 6.36. The predicted octanol–water partition coefficient (Wildman–Crippen LogP) is 39.1. The minimum absolute atomic E-state index is 0.0833. The van der Waals surface area contributed by atoms with Crippen LogP contribution in [-0.4, -0.2) is 9.97 Å². The van der Waals surface area contributed by atoms with E-state index in [0.29, 0.717) is 51.6 Å². The van der Waals surface area contributed by atoms with E-state index < -0.39 is 11.6 Å². The molecule has 0 fully saturated rings. The molecule has 0 unspecified atom stereocenters. The minimum atomic E-state index is -0.458. The van der Waals surface area contributed by atoms with Gasteiger partial charge in [-0.05, 0) is 315 Å². The van der Waals surface area contributed by atoms with Crippen LogP contribution in [0.25, 0.3) is 0 Å². The maximum atomic E-state index is 13.1. The fraction of sp³-hybridized carbons (Fsp3) is 0.402. The average Bonchev–Trinajstić information content (AvgIpc) is 0.865. The van der Waals surface area contributed by atoms with E-state index in [1.165, 1.54) is 111 Å². The van der Waals surface area contributed by atoms with Gasteiger partial charge in [-0.25, -0.2) is 39.5 Å². The van der Waals surface area contributed by atoms with Crippen LogP contribution in [0.1, 0.15) is 365 Å². The summed E-state index contributed by atoms with van der Waals surface area (Å²) in [6, 6.07) is 59.4. The summed E-state index contributed by atoms with van der Waals surface area (Å²) in [6.07, 6.45) is 3.30. The molecule has 2 heterocycles. The summed E-state index contributed by atoms with van der Waals surface area (Å²) in [5.41, 5.74) is 24.3. The molecule has 0 saturated heterocycles. The summed E-state index contributed by atoms with van der Waals surface area (Å²) in [5.74, 6) is 2.03. The van der Waals surface area contributed by atoms with E-state index >= 15 is 0 Å². The van der Waals surface area contributed by atoms with Crippen LogP contribution in [-0.2, 0) is 0 Å². The Morgan fingerprint density at radius 2 is 0.504 bits per heavy atom. The Morgan fingerprint density at radius 3 is 0.809 bits per heavy atom. The lowest BCUT2D eigenvalue weighted by Gasteiger charge is -2.12. The molecule has 0 saturated carbocycles. The second-order valence-electron chi connectivity index (χ2n) is 36.9. The average molecular weight is 1860 g/mol. The first kappa shape index (κ1) is 120. The zero-order valence-corrected chi connectivity index (χ0v) is 87.3. The van der Waals surface area contributed by atoms with E-state index in [9.17, 15) is 39.5 Å². The van der Waals surface area contributed by atoms with Gasteiger partial charge in [0.2, 0.25) is 0 Å². The van der Waals surface area contributed by atoms with Gasteiger partial charge in [0.1, 0.15) is 52.4 Å². The maximum Gasteiger partial charge on any atom is 0.145 e. The number of hydrogen-bond acceptors (Lipinski definition) is 2. The van der Waals surface area contributed by atoms with E-state index in [0.717, 1.165) is 65.7 Å². The largest absolute Gasteiger partial charge is 0.258 e. The molecule has 10 aromatic carbocycles. The Bertz CT molecular complexity index is 4740. The summed E-state index contributed by atoms with van der Waals surface area (Å²) >= 11 is 17.7. The second kappa shape index (κ2) is 60.8. The normalized spacial score (nSPS) is 10.6. The van der Waals surface area contributed by atoms with E-state index in [1.807, 2.05) is 160 Å². The highest BCUT2D eigenvalue weighted by atomic mass is 35.5. The SMILES string of the molecule is CC(C)c1c(Cl)cccc1Cl.CC(C)c1c(F)cccc1Cl.CC(C)c1c(F)cccc1F.CC(C)c1ncccc1F.Cc1c(F)cccc1C(C)C.Cc1ccc(C)c(C(C)C)c1.Cc1ccc(F)c(C(C)C)c1.Cc1ccc(F)c(C(C)C)c1.Cc1cccc(C(C)C)c1C.Cc1cccc(C)c1C(C)C.Cc1cccc(F)c1C(C)C.Cc1cnc(C(C)C)c(F)c1. The maximum absolute atomic E-state index is 13.1. The van der Waals surface area contributed by atoms with E-state index in [1.54, 1.807) is 68.7 Å². The molecule has 0 aliphatic carbocycles. The molecule has 0 amide bonds. The van der Waals surface area contributed by atoms with Gasteiger partial charge in [-0.15, -0.1) is 0 Å². The molecule has 14 heteroatoms. The van der Waals surface area contributed by atoms with E-state index in [4.69, 9.17) is 34.8 Å². The van der Waals surface area contributed by atoms with Gasteiger partial charge in [0.15, 0.2) is 0 Å². The second-order valence-corrected chi connectivity index (χ2v) is 38.2. The van der Waals surface area contributed by atoms with Crippen molar-refractivity contribution in [2.24, 2.45) is 0 Å². The molecule has 131 heavy (non-hydrogen) atoms. The number of halogens is 12. The van der Waals surface area contributed by atoms with Gasteiger partial charge in [0.25, 0.3) is 0 Å². The van der Waals surface area contributed by atoms with Gasteiger partial charge >= 0.3 is 0 Å². The number of hydrogen-bond donors (Lipinski definition) is 0. The van der Waals surface area contributed by atoms with Crippen LogP contribution in [0, 0.1) is 129 Å². The lowest BCUT2D eigenvalue weighted by Crippen LogP contribution is -1.97. The molecule has 0 N–H and O–H groups in total. The molecule has 0 radical (unpaired) electrons. The predicted molar refractivity (Wildman–Crippen MR) is 549 cm³/mol. The van der Waals surface area contributed by atoms with Crippen molar-refractivity contribution in [3.63, 3.8) is 0 Å². The summed E-state index contributed by atoms with van der Waals surface area (Å²) in [5, 5.41) is 2.03. The highest BCUT2D eigenvalue weighted by Crippen LogP contribution is 2.33. The van der Waals surface area contributed by atoms with Crippen LogP contribution >= 0.6 is 34.8 Å². The Balaban J connectivity index is 0.000000715. The Labute approximate surface area is 800 Å². The minimum Gasteiger partial charge on any atom is -0.258 e. The number of benzene rings is 10. The molecule has 714 valence electrons. The molecular formula is C117H152Cl3F9N2. The lowest BCUT2D eigenvalue weighted by molar-refractivity contribution is 0.541. The van der Waals surface area contributed by atoms with Crippen molar-refractivity contribution < 1.29 is 39.5 Å². The number of pyridine rings is 2. The fourth-order valence-electron chi connectivity index (χ4n) is 14.3. The molecule has 0 bridgehead atoms. The Morgan fingerprint density at radius 1 is 0.198 bits per heavy atom. The smallest absolute Gasteiger partial charge is 0.145 e. The summed E-state index contributed by atoms with van der Waals surface area (Å²) < 4.78 is 117. The van der Waals surface area contributed by atoms with Gasteiger partial charge in [-0.2, -0.15) is 0 Å². The third kappa shape index (κ3) is 42.7. The van der Waals surface area contributed by atoms with Gasteiger partial charge in [-0.1, -0.05) is 339 Å². The molecular weight excluding hydrogens is 1710 g/mol. The highest BCUT2D eigenvalue weighted by Gasteiger charge is 2.16. The van der Waals surface area contributed by atoms with Crippen LogP contribution in [0.3, 0.4) is 0 Å². The van der Waals surface area contributed by atoms with Crippen molar-refractivity contribution in [3.05, 3.63) is 408 Å². The van der Waals surface area contributed by atoms with E-state index in [2.05, 4.69) is 175 Å². The number of nitrogens with zero attached hydrogens (tertiary/aromatic N) is 2. The number of aryl methyl sites for hydroxylation is 9. The van der Waals surface area contributed by atoms with Crippen LogP contribution < -0.4 is 0 Å². The molecule has 0 atom stereocenters. The Kier molecular flexibility index (Phi) is 55.6. The van der Waals surface area contributed by atoms with Crippen molar-refractivity contribution in [2.45, 2.75) is 313 Å². The molecule has 0 spiro atoms.